The number of rotatable bonds is 4. The van der Waals surface area contributed by atoms with E-state index in [1.165, 1.54) is 6.92 Å². The fraction of sp³-hybridized carbons (Fsp3) is 0.0588. The van der Waals surface area contributed by atoms with E-state index < -0.39 is 5.97 Å². The summed E-state index contributed by atoms with van der Waals surface area (Å²) < 4.78 is 0. The molecule has 2 rings (SSSR count). The van der Waals surface area contributed by atoms with Crippen LogP contribution in [0.3, 0.4) is 0 Å². The predicted molar refractivity (Wildman–Crippen MR) is 80.4 cm³/mol. The van der Waals surface area contributed by atoms with Gasteiger partial charge in [-0.2, -0.15) is 0 Å². The van der Waals surface area contributed by atoms with E-state index in [1.807, 2.05) is 54.6 Å². The van der Waals surface area contributed by atoms with Crippen LogP contribution in [-0.4, -0.2) is 11.7 Å². The Labute approximate surface area is 118 Å². The molecule has 0 aliphatic heterocycles. The molecular weight excluding hydrogens is 250 g/mol. The highest BCUT2D eigenvalue weighted by Gasteiger charge is 2.11. The molecule has 0 bridgehead atoms. The topological polar surface area (TPSA) is 38.7 Å². The molecule has 0 aliphatic rings. The van der Waals surface area contributed by atoms with E-state index >= 15 is 0 Å². The first kappa shape index (κ1) is 13.7. The van der Waals surface area contributed by atoms with Crippen LogP contribution in [0.15, 0.2) is 66.3 Å². The van der Waals surface area contributed by atoms with Crippen molar-refractivity contribution in [2.75, 3.05) is 0 Å². The average molecular weight is 265 g/mol. The summed E-state index contributed by atoms with van der Waals surface area (Å²) in [4.78, 5) is 15.8. The van der Waals surface area contributed by atoms with Crippen LogP contribution < -0.4 is 0 Å². The summed E-state index contributed by atoms with van der Waals surface area (Å²) >= 11 is 0. The predicted octanol–water partition coefficient (Wildman–Crippen LogP) is 3.65. The molecule has 0 unspecified atom stereocenters. The Bertz CT molecular complexity index is 645. The van der Waals surface area contributed by atoms with E-state index in [0.717, 1.165) is 16.7 Å². The summed E-state index contributed by atoms with van der Waals surface area (Å²) in [5.41, 5.74) is 3.29. The van der Waals surface area contributed by atoms with Gasteiger partial charge in [0.25, 0.3) is 0 Å². The third-order valence-corrected chi connectivity index (χ3v) is 2.75. The third kappa shape index (κ3) is 3.20. The van der Waals surface area contributed by atoms with E-state index in [1.54, 1.807) is 6.08 Å². The Hall–Kier alpha value is -2.68. The molecule has 2 aromatic carbocycles. The molecule has 3 heteroatoms. The maximum Gasteiger partial charge on any atom is 0.332 e. The quantitative estimate of drug-likeness (QED) is 0.481. The number of oxime groups is 1. The van der Waals surface area contributed by atoms with Gasteiger partial charge in [-0.1, -0.05) is 72.4 Å². The van der Waals surface area contributed by atoms with Gasteiger partial charge < -0.3 is 4.84 Å². The molecule has 0 fully saturated rings. The van der Waals surface area contributed by atoms with Crippen molar-refractivity contribution in [1.82, 2.24) is 0 Å². The monoisotopic (exact) mass is 265 g/mol. The number of carbonyl (C=O) groups is 1. The minimum absolute atomic E-state index is 0.450. The zero-order valence-electron chi connectivity index (χ0n) is 11.2. The van der Waals surface area contributed by atoms with Crippen molar-refractivity contribution >= 4 is 17.8 Å². The molecule has 0 spiro atoms. The summed E-state index contributed by atoms with van der Waals surface area (Å²) in [6.45, 7) is 5.13. The van der Waals surface area contributed by atoms with Crippen LogP contribution in [0, 0.1) is 0 Å². The molecule has 0 amide bonds. The first-order valence-corrected chi connectivity index (χ1v) is 6.25. The smallest absolute Gasteiger partial charge is 0.318 e. The Balaban J connectivity index is 2.55. The van der Waals surface area contributed by atoms with Gasteiger partial charge in [-0.15, -0.1) is 0 Å². The average Bonchev–Trinajstić information content (AvgIpc) is 2.49. The van der Waals surface area contributed by atoms with Gasteiger partial charge in [0.05, 0.1) is 0 Å². The van der Waals surface area contributed by atoms with Crippen LogP contribution in [0.25, 0.3) is 6.08 Å². The normalized spacial score (nSPS) is 10.9. The third-order valence-electron chi connectivity index (χ3n) is 2.75. The number of hydrogen-bond donors (Lipinski definition) is 0. The van der Waals surface area contributed by atoms with Gasteiger partial charge in [-0.05, 0) is 5.56 Å². The second kappa shape index (κ2) is 6.48. The van der Waals surface area contributed by atoms with E-state index in [4.69, 9.17) is 4.84 Å². The second-order valence-corrected chi connectivity index (χ2v) is 4.18. The second-order valence-electron chi connectivity index (χ2n) is 4.18. The van der Waals surface area contributed by atoms with Gasteiger partial charge in [-0.3, -0.25) is 0 Å². The van der Waals surface area contributed by atoms with Crippen molar-refractivity contribution in [3.63, 3.8) is 0 Å². The lowest BCUT2D eigenvalue weighted by atomic mass is 9.98. The minimum atomic E-state index is -0.450. The Kier molecular flexibility index (Phi) is 4.45. The van der Waals surface area contributed by atoms with Crippen LogP contribution in [0.4, 0.5) is 0 Å². The maximum atomic E-state index is 11.0. The molecule has 0 radical (unpaired) electrons. The van der Waals surface area contributed by atoms with Crippen molar-refractivity contribution < 1.29 is 9.63 Å². The molecule has 0 aromatic heterocycles. The van der Waals surface area contributed by atoms with E-state index in [-0.39, 0.29) is 0 Å². The van der Waals surface area contributed by atoms with Crippen LogP contribution in [0.2, 0.25) is 0 Å². The largest absolute Gasteiger partial charge is 0.332 e. The minimum Gasteiger partial charge on any atom is -0.318 e. The highest BCUT2D eigenvalue weighted by molar-refractivity contribution is 6.14. The van der Waals surface area contributed by atoms with Crippen molar-refractivity contribution in [3.05, 3.63) is 77.9 Å². The van der Waals surface area contributed by atoms with Crippen molar-refractivity contribution in [3.8, 4) is 0 Å². The molecule has 0 atom stereocenters. The van der Waals surface area contributed by atoms with Gasteiger partial charge in [0, 0.05) is 18.1 Å². The molecule has 20 heavy (non-hydrogen) atoms. The van der Waals surface area contributed by atoms with Crippen LogP contribution >= 0.6 is 0 Å². The van der Waals surface area contributed by atoms with Gasteiger partial charge in [0.15, 0.2) is 0 Å². The zero-order chi connectivity index (χ0) is 14.4. The Morgan fingerprint density at radius 1 is 1.10 bits per heavy atom. The summed E-state index contributed by atoms with van der Waals surface area (Å²) in [5, 5.41) is 3.99. The van der Waals surface area contributed by atoms with Gasteiger partial charge >= 0.3 is 5.97 Å². The fourth-order valence-electron chi connectivity index (χ4n) is 1.85. The van der Waals surface area contributed by atoms with Gasteiger partial charge in [-0.25, -0.2) is 4.79 Å². The molecule has 2 aromatic rings. The SMILES string of the molecule is C=Cc1ccccc1/C(=N/OC(C)=O)c1ccccc1. The molecular formula is C17H15NO2. The summed E-state index contributed by atoms with van der Waals surface area (Å²) in [7, 11) is 0. The molecule has 0 N–H and O–H groups in total. The summed E-state index contributed by atoms with van der Waals surface area (Å²) in [6, 6.07) is 17.3. The highest BCUT2D eigenvalue weighted by atomic mass is 16.7. The molecule has 0 aliphatic carbocycles. The Morgan fingerprint density at radius 3 is 2.40 bits per heavy atom. The summed E-state index contributed by atoms with van der Waals surface area (Å²) in [6.07, 6.45) is 1.75. The van der Waals surface area contributed by atoms with E-state index in [9.17, 15) is 4.79 Å². The Morgan fingerprint density at radius 2 is 1.75 bits per heavy atom. The number of hydrogen-bond acceptors (Lipinski definition) is 3. The lowest BCUT2D eigenvalue weighted by Crippen LogP contribution is -2.07. The molecule has 0 saturated carbocycles. The fourth-order valence-corrected chi connectivity index (χ4v) is 1.85. The lowest BCUT2D eigenvalue weighted by Gasteiger charge is -2.09. The molecule has 100 valence electrons. The van der Waals surface area contributed by atoms with Crippen molar-refractivity contribution in [2.24, 2.45) is 5.16 Å². The van der Waals surface area contributed by atoms with Gasteiger partial charge in [0.2, 0.25) is 0 Å². The van der Waals surface area contributed by atoms with Crippen LogP contribution in [0.1, 0.15) is 23.6 Å². The number of carbonyl (C=O) groups excluding carboxylic acids is 1. The molecule has 0 heterocycles. The first-order chi connectivity index (χ1) is 9.72. The number of benzene rings is 2. The molecule has 0 saturated heterocycles. The van der Waals surface area contributed by atoms with E-state index in [0.29, 0.717) is 5.71 Å². The maximum absolute atomic E-state index is 11.0. The highest BCUT2D eigenvalue weighted by Crippen LogP contribution is 2.17. The first-order valence-electron chi connectivity index (χ1n) is 6.25. The van der Waals surface area contributed by atoms with Gasteiger partial charge in [0.1, 0.15) is 5.71 Å². The summed E-state index contributed by atoms with van der Waals surface area (Å²) in [5.74, 6) is -0.450. The number of nitrogens with zero attached hydrogens (tertiary/aromatic N) is 1. The van der Waals surface area contributed by atoms with Crippen LogP contribution in [-0.2, 0) is 9.63 Å². The van der Waals surface area contributed by atoms with Crippen molar-refractivity contribution in [2.45, 2.75) is 6.92 Å². The lowest BCUT2D eigenvalue weighted by molar-refractivity contribution is -0.140. The van der Waals surface area contributed by atoms with E-state index in [2.05, 4.69) is 11.7 Å². The van der Waals surface area contributed by atoms with Crippen LogP contribution in [0.5, 0.6) is 0 Å². The molecule has 3 nitrogen and oxygen atoms in total. The zero-order valence-corrected chi connectivity index (χ0v) is 11.2. The standard InChI is InChI=1S/C17H15NO2/c1-3-14-9-7-8-12-16(14)17(18-20-13(2)19)15-10-5-4-6-11-15/h3-12H,1H2,2H3/b18-17+. The van der Waals surface area contributed by atoms with Crippen molar-refractivity contribution in [1.29, 1.82) is 0 Å².